The Morgan fingerprint density at radius 3 is 2.33 bits per heavy atom. The molecule has 0 aromatic heterocycles. The summed E-state index contributed by atoms with van der Waals surface area (Å²) in [6.45, 7) is 14.9. The quantitative estimate of drug-likeness (QED) is 0.834. The first-order chi connectivity index (χ1) is 10.9. The summed E-state index contributed by atoms with van der Waals surface area (Å²) >= 11 is 0. The molecule has 0 saturated carbocycles. The molecule has 1 N–H and O–H groups in total. The Labute approximate surface area is 146 Å². The SMILES string of the molecule is COC[C@@H]1CC(C)(C)CN1C(=O)C(NC(=O)OC(C)C)C(C)(C)C. The van der Waals surface area contributed by atoms with Gasteiger partial charge in [-0.15, -0.1) is 0 Å². The van der Waals surface area contributed by atoms with E-state index in [4.69, 9.17) is 9.47 Å². The largest absolute Gasteiger partial charge is 0.447 e. The van der Waals surface area contributed by atoms with E-state index >= 15 is 0 Å². The van der Waals surface area contributed by atoms with Crippen LogP contribution in [0.4, 0.5) is 4.79 Å². The third-order valence-corrected chi connectivity index (χ3v) is 4.19. The van der Waals surface area contributed by atoms with Gasteiger partial charge in [0.1, 0.15) is 6.04 Å². The van der Waals surface area contributed by atoms with Gasteiger partial charge in [-0.3, -0.25) is 4.79 Å². The standard InChI is InChI=1S/C18H34N2O4/c1-12(2)24-16(22)19-14(17(3,4)5)15(21)20-11-18(6,7)9-13(20)10-23-8/h12-14H,9-11H2,1-8H3,(H,19,22)/t13-,14?/m0/s1. The third kappa shape index (κ3) is 5.65. The number of likely N-dealkylation sites (tertiary alicyclic amines) is 1. The molecule has 1 saturated heterocycles. The fraction of sp³-hybridized carbons (Fsp3) is 0.889. The predicted octanol–water partition coefficient (Wildman–Crippen LogP) is 2.81. The van der Waals surface area contributed by atoms with E-state index in [2.05, 4.69) is 19.2 Å². The van der Waals surface area contributed by atoms with E-state index in [1.54, 1.807) is 21.0 Å². The number of carbonyl (C=O) groups excluding carboxylic acids is 2. The van der Waals surface area contributed by atoms with Gasteiger partial charge >= 0.3 is 6.09 Å². The fourth-order valence-electron chi connectivity index (χ4n) is 3.18. The molecule has 1 rings (SSSR count). The highest BCUT2D eigenvalue weighted by atomic mass is 16.6. The summed E-state index contributed by atoms with van der Waals surface area (Å²) in [6, 6.07) is -0.609. The first-order valence-corrected chi connectivity index (χ1v) is 8.64. The van der Waals surface area contributed by atoms with Gasteiger partial charge in [0.2, 0.25) is 5.91 Å². The second-order valence-electron chi connectivity index (χ2n) is 8.84. The van der Waals surface area contributed by atoms with Crippen LogP contribution >= 0.6 is 0 Å². The van der Waals surface area contributed by atoms with Crippen molar-refractivity contribution in [2.75, 3.05) is 20.3 Å². The number of methoxy groups -OCH3 is 1. The first kappa shape index (κ1) is 20.7. The van der Waals surface area contributed by atoms with E-state index in [0.29, 0.717) is 13.2 Å². The van der Waals surface area contributed by atoms with Crippen LogP contribution in [0.5, 0.6) is 0 Å². The molecule has 1 aliphatic rings. The molecule has 6 nitrogen and oxygen atoms in total. The number of nitrogens with zero attached hydrogens (tertiary/aromatic N) is 1. The van der Waals surface area contributed by atoms with Crippen LogP contribution in [0, 0.1) is 10.8 Å². The molecule has 6 heteroatoms. The van der Waals surface area contributed by atoms with Crippen LogP contribution in [0.3, 0.4) is 0 Å². The number of nitrogens with one attached hydrogen (secondary N) is 1. The second kappa shape index (κ2) is 7.72. The molecule has 140 valence electrons. The van der Waals surface area contributed by atoms with Crippen molar-refractivity contribution in [2.45, 2.75) is 73.1 Å². The topological polar surface area (TPSA) is 67.9 Å². The van der Waals surface area contributed by atoms with Crippen molar-refractivity contribution in [2.24, 2.45) is 10.8 Å². The first-order valence-electron chi connectivity index (χ1n) is 8.64. The lowest BCUT2D eigenvalue weighted by molar-refractivity contribution is -0.138. The van der Waals surface area contributed by atoms with Gasteiger partial charge < -0.3 is 19.7 Å². The van der Waals surface area contributed by atoms with Crippen LogP contribution in [0.15, 0.2) is 0 Å². The van der Waals surface area contributed by atoms with Crippen molar-refractivity contribution in [3.8, 4) is 0 Å². The molecular weight excluding hydrogens is 308 g/mol. The predicted molar refractivity (Wildman–Crippen MR) is 93.8 cm³/mol. The third-order valence-electron chi connectivity index (χ3n) is 4.19. The Morgan fingerprint density at radius 1 is 1.29 bits per heavy atom. The summed E-state index contributed by atoms with van der Waals surface area (Å²) < 4.78 is 10.5. The second-order valence-corrected chi connectivity index (χ2v) is 8.84. The maximum absolute atomic E-state index is 13.2. The average Bonchev–Trinajstić information content (AvgIpc) is 2.68. The number of hydrogen-bond donors (Lipinski definition) is 1. The molecule has 1 aliphatic heterocycles. The Kier molecular flexibility index (Phi) is 6.67. The zero-order chi connectivity index (χ0) is 18.7. The Hall–Kier alpha value is -1.30. The molecule has 0 aromatic carbocycles. The van der Waals surface area contributed by atoms with Gasteiger partial charge in [0.15, 0.2) is 0 Å². The molecule has 0 bridgehead atoms. The molecule has 24 heavy (non-hydrogen) atoms. The Balaban J connectivity index is 2.97. The summed E-state index contributed by atoms with van der Waals surface area (Å²) in [4.78, 5) is 27.1. The average molecular weight is 342 g/mol. The zero-order valence-electron chi connectivity index (χ0n) is 16.4. The number of hydrogen-bond acceptors (Lipinski definition) is 4. The van der Waals surface area contributed by atoms with Crippen molar-refractivity contribution < 1.29 is 19.1 Å². The van der Waals surface area contributed by atoms with E-state index in [9.17, 15) is 9.59 Å². The van der Waals surface area contributed by atoms with Crippen molar-refractivity contribution in [3.63, 3.8) is 0 Å². The van der Waals surface area contributed by atoms with Crippen LogP contribution in [-0.4, -0.2) is 55.3 Å². The summed E-state index contributed by atoms with van der Waals surface area (Å²) in [5, 5.41) is 2.76. The van der Waals surface area contributed by atoms with Crippen LogP contribution < -0.4 is 5.32 Å². The molecule has 0 aromatic rings. The summed E-state index contributed by atoms with van der Waals surface area (Å²) in [5.74, 6) is -0.0733. The minimum absolute atomic E-state index is 0.0327. The van der Waals surface area contributed by atoms with Crippen molar-refractivity contribution in [1.29, 1.82) is 0 Å². The summed E-state index contributed by atoms with van der Waals surface area (Å²) in [6.07, 6.45) is 0.104. The number of alkyl carbamates (subject to hydrolysis) is 1. The summed E-state index contributed by atoms with van der Waals surface area (Å²) in [5.41, 5.74) is -0.378. The molecule has 0 aliphatic carbocycles. The van der Waals surface area contributed by atoms with Crippen LogP contribution in [0.2, 0.25) is 0 Å². The van der Waals surface area contributed by atoms with Gasteiger partial charge in [0.05, 0.1) is 18.8 Å². The fourth-order valence-corrected chi connectivity index (χ4v) is 3.18. The monoisotopic (exact) mass is 342 g/mol. The number of amides is 2. The lowest BCUT2D eigenvalue weighted by atomic mass is 9.85. The molecule has 2 atom stereocenters. The maximum Gasteiger partial charge on any atom is 0.408 e. The van der Waals surface area contributed by atoms with Crippen molar-refractivity contribution >= 4 is 12.0 Å². The van der Waals surface area contributed by atoms with Crippen LogP contribution in [-0.2, 0) is 14.3 Å². The lowest BCUT2D eigenvalue weighted by Crippen LogP contribution is -2.56. The van der Waals surface area contributed by atoms with E-state index in [1.165, 1.54) is 0 Å². The van der Waals surface area contributed by atoms with Gasteiger partial charge in [-0.25, -0.2) is 4.79 Å². The molecule has 0 spiro atoms. The molecule has 1 heterocycles. The molecular formula is C18H34N2O4. The minimum atomic E-state index is -0.642. The van der Waals surface area contributed by atoms with Crippen molar-refractivity contribution in [1.82, 2.24) is 10.2 Å². The summed E-state index contributed by atoms with van der Waals surface area (Å²) in [7, 11) is 1.65. The van der Waals surface area contributed by atoms with Gasteiger partial charge in [-0.05, 0) is 31.1 Å². The highest BCUT2D eigenvalue weighted by Gasteiger charge is 2.45. The molecule has 0 radical (unpaired) electrons. The van der Waals surface area contributed by atoms with Gasteiger partial charge in [0.25, 0.3) is 0 Å². The zero-order valence-corrected chi connectivity index (χ0v) is 16.4. The minimum Gasteiger partial charge on any atom is -0.447 e. The van der Waals surface area contributed by atoms with E-state index in [0.717, 1.165) is 6.42 Å². The van der Waals surface area contributed by atoms with Gasteiger partial charge in [0, 0.05) is 13.7 Å². The maximum atomic E-state index is 13.2. The number of rotatable bonds is 5. The van der Waals surface area contributed by atoms with E-state index in [1.807, 2.05) is 25.7 Å². The van der Waals surface area contributed by atoms with Gasteiger partial charge in [-0.2, -0.15) is 0 Å². The number of ether oxygens (including phenoxy) is 2. The number of carbonyl (C=O) groups is 2. The normalized spacial score (nSPS) is 21.7. The smallest absolute Gasteiger partial charge is 0.408 e. The van der Waals surface area contributed by atoms with Crippen LogP contribution in [0.25, 0.3) is 0 Å². The highest BCUT2D eigenvalue weighted by molar-refractivity contribution is 5.87. The molecule has 1 unspecified atom stereocenters. The molecule has 2 amide bonds. The lowest BCUT2D eigenvalue weighted by Gasteiger charge is -2.35. The van der Waals surface area contributed by atoms with E-state index in [-0.39, 0.29) is 23.5 Å². The Morgan fingerprint density at radius 2 is 1.88 bits per heavy atom. The van der Waals surface area contributed by atoms with Gasteiger partial charge in [-0.1, -0.05) is 34.6 Å². The van der Waals surface area contributed by atoms with E-state index < -0.39 is 17.6 Å². The molecule has 1 fully saturated rings. The van der Waals surface area contributed by atoms with Crippen molar-refractivity contribution in [3.05, 3.63) is 0 Å². The highest BCUT2D eigenvalue weighted by Crippen LogP contribution is 2.35. The van der Waals surface area contributed by atoms with Crippen LogP contribution in [0.1, 0.15) is 54.9 Å². The Bertz CT molecular complexity index is 454.